The summed E-state index contributed by atoms with van der Waals surface area (Å²) in [5.41, 5.74) is 2.47. The molecule has 0 heterocycles. The van der Waals surface area contributed by atoms with E-state index in [0.29, 0.717) is 11.0 Å². The van der Waals surface area contributed by atoms with Crippen LogP contribution in [0.5, 0.6) is 0 Å². The molecule has 0 aliphatic heterocycles. The molecule has 1 aromatic carbocycles. The lowest BCUT2D eigenvalue weighted by Gasteiger charge is -2.24. The van der Waals surface area contributed by atoms with Gasteiger partial charge < -0.3 is 10.6 Å². The van der Waals surface area contributed by atoms with Crippen molar-refractivity contribution in [3.8, 4) is 0 Å². The van der Waals surface area contributed by atoms with Crippen molar-refractivity contribution in [2.45, 2.75) is 40.0 Å². The molecule has 0 amide bonds. The fourth-order valence-electron chi connectivity index (χ4n) is 1.71. The van der Waals surface area contributed by atoms with Crippen LogP contribution in [0.4, 0.5) is 5.69 Å². The first-order valence-corrected chi connectivity index (χ1v) is 6.86. The number of benzene rings is 1. The van der Waals surface area contributed by atoms with Crippen molar-refractivity contribution in [3.05, 3.63) is 29.8 Å². The van der Waals surface area contributed by atoms with Gasteiger partial charge in [-0.25, -0.2) is 0 Å². The van der Waals surface area contributed by atoms with E-state index >= 15 is 0 Å². The SMILES string of the molecule is CC(C)CNC(=S)Nc1ccccc1C(C)(C)C. The Balaban J connectivity index is 2.76. The molecule has 1 rings (SSSR count). The predicted molar refractivity (Wildman–Crippen MR) is 84.2 cm³/mol. The maximum Gasteiger partial charge on any atom is 0.170 e. The van der Waals surface area contributed by atoms with E-state index in [4.69, 9.17) is 12.2 Å². The molecule has 0 aliphatic carbocycles. The highest BCUT2D eigenvalue weighted by Crippen LogP contribution is 2.29. The van der Waals surface area contributed by atoms with Crippen LogP contribution in [0.3, 0.4) is 0 Å². The lowest BCUT2D eigenvalue weighted by atomic mass is 9.86. The average Bonchev–Trinajstić information content (AvgIpc) is 2.25. The van der Waals surface area contributed by atoms with Crippen LogP contribution in [0.2, 0.25) is 0 Å². The number of nitrogens with one attached hydrogen (secondary N) is 2. The van der Waals surface area contributed by atoms with E-state index < -0.39 is 0 Å². The summed E-state index contributed by atoms with van der Waals surface area (Å²) in [5.74, 6) is 0.586. The maximum atomic E-state index is 5.31. The van der Waals surface area contributed by atoms with Gasteiger partial charge in [0.05, 0.1) is 0 Å². The zero-order valence-corrected chi connectivity index (χ0v) is 12.8. The molecule has 0 spiro atoms. The molecule has 0 bridgehead atoms. The maximum absolute atomic E-state index is 5.31. The summed E-state index contributed by atoms with van der Waals surface area (Å²) in [7, 11) is 0. The topological polar surface area (TPSA) is 24.1 Å². The van der Waals surface area contributed by atoms with Gasteiger partial charge in [-0.05, 0) is 35.2 Å². The van der Waals surface area contributed by atoms with Crippen LogP contribution < -0.4 is 10.6 Å². The van der Waals surface area contributed by atoms with Crippen LogP contribution in [-0.2, 0) is 5.41 Å². The van der Waals surface area contributed by atoms with Gasteiger partial charge in [-0.3, -0.25) is 0 Å². The van der Waals surface area contributed by atoms with E-state index in [1.54, 1.807) is 0 Å². The van der Waals surface area contributed by atoms with Crippen molar-refractivity contribution in [1.82, 2.24) is 5.32 Å². The first-order chi connectivity index (χ1) is 8.30. The highest BCUT2D eigenvalue weighted by atomic mass is 32.1. The van der Waals surface area contributed by atoms with Gasteiger partial charge in [-0.15, -0.1) is 0 Å². The largest absolute Gasteiger partial charge is 0.362 e. The van der Waals surface area contributed by atoms with Gasteiger partial charge in [0.1, 0.15) is 0 Å². The standard InChI is InChI=1S/C15H24N2S/c1-11(2)10-16-14(18)17-13-9-7-6-8-12(13)15(3,4)5/h6-9,11H,10H2,1-5H3,(H2,16,17,18). The average molecular weight is 264 g/mol. The smallest absolute Gasteiger partial charge is 0.170 e. The number of hydrogen-bond acceptors (Lipinski definition) is 1. The Morgan fingerprint density at radius 3 is 2.39 bits per heavy atom. The molecule has 0 fully saturated rings. The third-order valence-corrected chi connectivity index (χ3v) is 2.90. The monoisotopic (exact) mass is 264 g/mol. The Labute approximate surface area is 116 Å². The van der Waals surface area contributed by atoms with Crippen LogP contribution in [-0.4, -0.2) is 11.7 Å². The Morgan fingerprint density at radius 2 is 1.83 bits per heavy atom. The van der Waals surface area contributed by atoms with Gasteiger partial charge in [0.15, 0.2) is 5.11 Å². The number of para-hydroxylation sites is 1. The van der Waals surface area contributed by atoms with Crippen LogP contribution >= 0.6 is 12.2 Å². The molecule has 0 unspecified atom stereocenters. The molecule has 0 radical (unpaired) electrons. The summed E-state index contributed by atoms with van der Waals surface area (Å²) in [4.78, 5) is 0. The third kappa shape index (κ3) is 4.65. The first kappa shape index (κ1) is 15.0. The molecule has 2 nitrogen and oxygen atoms in total. The van der Waals surface area contributed by atoms with Gasteiger partial charge >= 0.3 is 0 Å². The van der Waals surface area contributed by atoms with Gasteiger partial charge in [0.2, 0.25) is 0 Å². The zero-order valence-electron chi connectivity index (χ0n) is 12.0. The van der Waals surface area contributed by atoms with Crippen molar-refractivity contribution in [3.63, 3.8) is 0 Å². The lowest BCUT2D eigenvalue weighted by Crippen LogP contribution is -2.32. The summed E-state index contributed by atoms with van der Waals surface area (Å²) in [6, 6.07) is 8.32. The Bertz CT molecular complexity index is 405. The van der Waals surface area contributed by atoms with Crippen molar-refractivity contribution < 1.29 is 0 Å². The van der Waals surface area contributed by atoms with E-state index in [2.05, 4.69) is 63.5 Å². The molecular formula is C15H24N2S. The quantitative estimate of drug-likeness (QED) is 0.809. The molecule has 0 atom stereocenters. The van der Waals surface area contributed by atoms with Gasteiger partial charge in [0.25, 0.3) is 0 Å². The second-order valence-electron chi connectivity index (χ2n) is 6.02. The van der Waals surface area contributed by atoms with Crippen LogP contribution in [0.25, 0.3) is 0 Å². The van der Waals surface area contributed by atoms with E-state index in [-0.39, 0.29) is 5.41 Å². The van der Waals surface area contributed by atoms with Crippen molar-refractivity contribution in [2.75, 3.05) is 11.9 Å². The van der Waals surface area contributed by atoms with Crippen LogP contribution in [0, 0.1) is 5.92 Å². The molecule has 100 valence electrons. The molecular weight excluding hydrogens is 240 g/mol. The fraction of sp³-hybridized carbons (Fsp3) is 0.533. The van der Waals surface area contributed by atoms with E-state index in [0.717, 1.165) is 12.2 Å². The number of hydrogen-bond donors (Lipinski definition) is 2. The molecule has 18 heavy (non-hydrogen) atoms. The normalized spacial score (nSPS) is 11.4. The van der Waals surface area contributed by atoms with Crippen molar-refractivity contribution >= 4 is 23.0 Å². The van der Waals surface area contributed by atoms with Crippen molar-refractivity contribution in [2.24, 2.45) is 5.92 Å². The molecule has 1 aromatic rings. The zero-order chi connectivity index (χ0) is 13.8. The van der Waals surface area contributed by atoms with E-state index in [1.165, 1.54) is 5.56 Å². The molecule has 3 heteroatoms. The number of anilines is 1. The Hall–Kier alpha value is -1.09. The Morgan fingerprint density at radius 1 is 1.22 bits per heavy atom. The molecule has 0 aliphatic rings. The van der Waals surface area contributed by atoms with Crippen molar-refractivity contribution in [1.29, 1.82) is 0 Å². The van der Waals surface area contributed by atoms with Crippen LogP contribution in [0.15, 0.2) is 24.3 Å². The molecule has 0 saturated heterocycles. The molecule has 0 saturated carbocycles. The van der Waals surface area contributed by atoms with E-state index in [1.807, 2.05) is 6.07 Å². The van der Waals surface area contributed by atoms with Crippen LogP contribution in [0.1, 0.15) is 40.2 Å². The summed E-state index contributed by atoms with van der Waals surface area (Å²) < 4.78 is 0. The second-order valence-corrected chi connectivity index (χ2v) is 6.43. The number of thiocarbonyl (C=S) groups is 1. The first-order valence-electron chi connectivity index (χ1n) is 6.45. The highest BCUT2D eigenvalue weighted by Gasteiger charge is 2.17. The summed E-state index contributed by atoms with van der Waals surface area (Å²) in [5, 5.41) is 7.22. The predicted octanol–water partition coefficient (Wildman–Crippen LogP) is 3.93. The Kier molecular flexibility index (Phi) is 5.15. The third-order valence-electron chi connectivity index (χ3n) is 2.65. The minimum Gasteiger partial charge on any atom is -0.362 e. The fourth-order valence-corrected chi connectivity index (χ4v) is 1.90. The van der Waals surface area contributed by atoms with Gasteiger partial charge in [-0.1, -0.05) is 52.8 Å². The minimum atomic E-state index is 0.108. The van der Waals surface area contributed by atoms with E-state index in [9.17, 15) is 0 Å². The van der Waals surface area contributed by atoms with Gasteiger partial charge in [-0.2, -0.15) is 0 Å². The second kappa shape index (κ2) is 6.19. The minimum absolute atomic E-state index is 0.108. The summed E-state index contributed by atoms with van der Waals surface area (Å²) in [6.07, 6.45) is 0. The molecule has 0 aromatic heterocycles. The summed E-state index contributed by atoms with van der Waals surface area (Å²) >= 11 is 5.31. The number of rotatable bonds is 3. The van der Waals surface area contributed by atoms with Gasteiger partial charge in [0, 0.05) is 12.2 Å². The highest BCUT2D eigenvalue weighted by molar-refractivity contribution is 7.80. The summed E-state index contributed by atoms with van der Waals surface area (Å²) in [6.45, 7) is 11.8. The lowest BCUT2D eigenvalue weighted by molar-refractivity contribution is 0.592. The molecule has 2 N–H and O–H groups in total.